The highest BCUT2D eigenvalue weighted by Crippen LogP contribution is 2.33. The molecule has 2 N–H and O–H groups in total. The van der Waals surface area contributed by atoms with Crippen LogP contribution in [0, 0.1) is 25.7 Å². The third-order valence-electron chi connectivity index (χ3n) is 7.81. The van der Waals surface area contributed by atoms with Gasteiger partial charge >= 0.3 is 0 Å². The summed E-state index contributed by atoms with van der Waals surface area (Å²) in [5.41, 5.74) is 9.30. The van der Waals surface area contributed by atoms with Gasteiger partial charge in [0.1, 0.15) is 0 Å². The molecule has 42 heavy (non-hydrogen) atoms. The van der Waals surface area contributed by atoms with Crippen LogP contribution in [0.25, 0.3) is 22.2 Å². The molecule has 0 bridgehead atoms. The van der Waals surface area contributed by atoms with Crippen LogP contribution in [0.15, 0.2) is 60.9 Å². The van der Waals surface area contributed by atoms with E-state index in [4.69, 9.17) is 0 Å². The Hall–Kier alpha value is -3.44. The zero-order valence-corrected chi connectivity index (χ0v) is 26.8. The predicted molar refractivity (Wildman–Crippen MR) is 177 cm³/mol. The first-order valence-electron chi connectivity index (χ1n) is 15.8. The van der Waals surface area contributed by atoms with Crippen molar-refractivity contribution in [2.75, 3.05) is 19.6 Å². The lowest BCUT2D eigenvalue weighted by molar-refractivity contribution is 0.0715. The zero-order valence-electron chi connectivity index (χ0n) is 26.8. The molecule has 5 nitrogen and oxygen atoms in total. The minimum Gasteiger partial charge on any atom is -0.354 e. The molecule has 0 radical (unpaired) electrons. The highest BCUT2D eigenvalue weighted by molar-refractivity contribution is 6.00. The summed E-state index contributed by atoms with van der Waals surface area (Å²) in [5, 5.41) is 4.92. The number of amides is 1. The Labute approximate surface area is 253 Å². The summed E-state index contributed by atoms with van der Waals surface area (Å²) in [6.45, 7) is 17.7. The van der Waals surface area contributed by atoms with Gasteiger partial charge < -0.3 is 15.2 Å². The summed E-state index contributed by atoms with van der Waals surface area (Å²) in [4.78, 5) is 23.7. The number of aromatic nitrogens is 2. The summed E-state index contributed by atoms with van der Waals surface area (Å²) >= 11 is 0. The molecule has 2 heterocycles. The monoisotopic (exact) mass is 566 g/mol. The molecule has 224 valence electrons. The smallest absolute Gasteiger partial charge is 0.253 e. The van der Waals surface area contributed by atoms with Gasteiger partial charge in [-0.25, -0.2) is 0 Å². The quantitative estimate of drug-likeness (QED) is 0.162. The van der Waals surface area contributed by atoms with Crippen molar-refractivity contribution in [2.45, 2.75) is 80.2 Å². The summed E-state index contributed by atoms with van der Waals surface area (Å²) < 4.78 is 0. The zero-order chi connectivity index (χ0) is 30.2. The lowest BCUT2D eigenvalue weighted by atomic mass is 9.98. The highest BCUT2D eigenvalue weighted by atomic mass is 16.2. The van der Waals surface area contributed by atoms with E-state index in [-0.39, 0.29) is 5.91 Å². The Kier molecular flexibility index (Phi) is 11.0. The van der Waals surface area contributed by atoms with Gasteiger partial charge in [-0.1, -0.05) is 51.0 Å². The second-order valence-electron chi connectivity index (χ2n) is 13.0. The van der Waals surface area contributed by atoms with Gasteiger partial charge in [0.2, 0.25) is 0 Å². The van der Waals surface area contributed by atoms with Crippen LogP contribution in [0.3, 0.4) is 0 Å². The molecule has 1 atom stereocenters. The molecule has 0 aliphatic carbocycles. The lowest BCUT2D eigenvalue weighted by Gasteiger charge is -2.26. The number of benzene rings is 2. The number of carbonyl (C=O) groups is 1. The fourth-order valence-corrected chi connectivity index (χ4v) is 6.01. The molecule has 0 aliphatic rings. The molecular formula is C37H50N4O. The Balaban J connectivity index is 1.57. The Morgan fingerprint density at radius 1 is 0.929 bits per heavy atom. The fraction of sp³-hybridized carbons (Fsp3) is 0.459. The van der Waals surface area contributed by atoms with Crippen molar-refractivity contribution in [1.82, 2.24) is 20.2 Å². The molecule has 1 unspecified atom stereocenters. The highest BCUT2D eigenvalue weighted by Gasteiger charge is 2.21. The summed E-state index contributed by atoms with van der Waals surface area (Å²) in [6.07, 6.45) is 7.99. The molecule has 5 heteroatoms. The van der Waals surface area contributed by atoms with Gasteiger partial charge in [-0.2, -0.15) is 0 Å². The van der Waals surface area contributed by atoms with E-state index in [2.05, 4.69) is 100 Å². The maximum absolute atomic E-state index is 13.7. The van der Waals surface area contributed by atoms with Crippen molar-refractivity contribution in [3.63, 3.8) is 0 Å². The number of carbonyl (C=O) groups excluding carboxylic acids is 1. The SMILES string of the molecule is Cc1cc(C)cc(-c2[nH]c3ccc(C(=O)N(CC(C)C)CC(C)C)cc3c2CCNC(C)CCCc2cccnc2)c1. The van der Waals surface area contributed by atoms with E-state index in [0.717, 1.165) is 67.5 Å². The number of hydrogen-bond donors (Lipinski definition) is 2. The summed E-state index contributed by atoms with van der Waals surface area (Å²) in [7, 11) is 0. The number of nitrogens with one attached hydrogen (secondary N) is 2. The largest absolute Gasteiger partial charge is 0.354 e. The number of fused-ring (bicyclic) bond motifs is 1. The van der Waals surface area contributed by atoms with Gasteiger partial charge in [0.05, 0.1) is 0 Å². The van der Waals surface area contributed by atoms with Gasteiger partial charge in [-0.3, -0.25) is 9.78 Å². The molecule has 0 aliphatic heterocycles. The molecule has 4 rings (SSSR count). The van der Waals surface area contributed by atoms with Crippen LogP contribution < -0.4 is 5.32 Å². The normalized spacial score (nSPS) is 12.4. The van der Waals surface area contributed by atoms with Crippen LogP contribution >= 0.6 is 0 Å². The molecule has 4 aromatic rings. The number of H-pyrrole nitrogens is 1. The average Bonchev–Trinajstić information content (AvgIpc) is 3.29. The molecular weight excluding hydrogens is 516 g/mol. The third-order valence-corrected chi connectivity index (χ3v) is 7.81. The number of pyridine rings is 1. The predicted octanol–water partition coefficient (Wildman–Crippen LogP) is 8.14. The van der Waals surface area contributed by atoms with E-state index in [1.54, 1.807) is 0 Å². The van der Waals surface area contributed by atoms with E-state index in [1.807, 2.05) is 29.4 Å². The van der Waals surface area contributed by atoms with Crippen molar-refractivity contribution in [2.24, 2.45) is 11.8 Å². The lowest BCUT2D eigenvalue weighted by Crippen LogP contribution is -2.37. The van der Waals surface area contributed by atoms with Gasteiger partial charge in [0.15, 0.2) is 0 Å². The summed E-state index contributed by atoms with van der Waals surface area (Å²) in [5.74, 6) is 0.973. The number of rotatable bonds is 14. The second-order valence-corrected chi connectivity index (χ2v) is 13.0. The first-order chi connectivity index (χ1) is 20.1. The third kappa shape index (κ3) is 8.54. The first-order valence-corrected chi connectivity index (χ1v) is 15.8. The van der Waals surface area contributed by atoms with Gasteiger partial charge in [0, 0.05) is 53.7 Å². The van der Waals surface area contributed by atoms with Gasteiger partial charge in [0.25, 0.3) is 5.91 Å². The molecule has 0 fully saturated rings. The van der Waals surface area contributed by atoms with Gasteiger partial charge in [-0.15, -0.1) is 0 Å². The van der Waals surface area contributed by atoms with E-state index < -0.39 is 0 Å². The minimum atomic E-state index is 0.125. The first kappa shape index (κ1) is 31.5. The van der Waals surface area contributed by atoms with Crippen LogP contribution in [0.1, 0.15) is 80.1 Å². The van der Waals surface area contributed by atoms with Gasteiger partial charge in [-0.05, 0) is 118 Å². The minimum absolute atomic E-state index is 0.125. The Morgan fingerprint density at radius 2 is 1.64 bits per heavy atom. The van der Waals surface area contributed by atoms with E-state index in [0.29, 0.717) is 17.9 Å². The van der Waals surface area contributed by atoms with Crippen molar-refractivity contribution in [3.8, 4) is 11.3 Å². The standard InChI is InChI=1S/C37H50N4O/c1-25(2)23-41(24-26(3)4)37(42)31-13-14-35-34(21-31)33(36(40-35)32-19-27(5)18-28(6)20-32)15-17-39-29(7)10-8-11-30-12-9-16-38-22-30/h9,12-14,16,18-22,25-26,29,39-40H,8,10-11,15,17,23-24H2,1-7H3. The van der Waals surface area contributed by atoms with Crippen molar-refractivity contribution >= 4 is 16.8 Å². The van der Waals surface area contributed by atoms with Crippen molar-refractivity contribution in [3.05, 3.63) is 88.7 Å². The number of nitrogens with zero attached hydrogens (tertiary/aromatic N) is 2. The van der Waals surface area contributed by atoms with E-state index in [1.165, 1.54) is 27.8 Å². The Bertz CT molecular complexity index is 1420. The number of hydrogen-bond acceptors (Lipinski definition) is 3. The second kappa shape index (κ2) is 14.6. The molecule has 0 spiro atoms. The van der Waals surface area contributed by atoms with E-state index in [9.17, 15) is 4.79 Å². The van der Waals surface area contributed by atoms with Crippen LogP contribution in [0.5, 0.6) is 0 Å². The van der Waals surface area contributed by atoms with Crippen LogP contribution in [-0.2, 0) is 12.8 Å². The van der Waals surface area contributed by atoms with Crippen molar-refractivity contribution < 1.29 is 4.79 Å². The molecule has 0 saturated heterocycles. The average molecular weight is 567 g/mol. The maximum Gasteiger partial charge on any atom is 0.253 e. The molecule has 2 aromatic heterocycles. The maximum atomic E-state index is 13.7. The molecule has 1 amide bonds. The fourth-order valence-electron chi connectivity index (χ4n) is 6.01. The molecule has 2 aromatic carbocycles. The number of aryl methyl sites for hydroxylation is 3. The Morgan fingerprint density at radius 3 is 2.29 bits per heavy atom. The van der Waals surface area contributed by atoms with Crippen molar-refractivity contribution in [1.29, 1.82) is 0 Å². The van der Waals surface area contributed by atoms with Crippen LogP contribution in [0.2, 0.25) is 0 Å². The van der Waals surface area contributed by atoms with E-state index >= 15 is 0 Å². The van der Waals surface area contributed by atoms with Crippen LogP contribution in [0.4, 0.5) is 0 Å². The topological polar surface area (TPSA) is 61.0 Å². The van der Waals surface area contributed by atoms with Crippen LogP contribution in [-0.4, -0.2) is 46.5 Å². The molecule has 0 saturated carbocycles. The number of aromatic amines is 1. The summed E-state index contributed by atoms with van der Waals surface area (Å²) in [6, 6.07) is 17.5.